The van der Waals surface area contributed by atoms with Crippen molar-refractivity contribution >= 4 is 21.8 Å². The van der Waals surface area contributed by atoms with Crippen LogP contribution in [0.3, 0.4) is 0 Å². The van der Waals surface area contributed by atoms with Crippen LogP contribution in [0.4, 0.5) is 0 Å². The lowest BCUT2D eigenvalue weighted by Crippen LogP contribution is -2.38. The molecule has 1 fully saturated rings. The van der Waals surface area contributed by atoms with Crippen molar-refractivity contribution in [2.24, 2.45) is 0 Å². The Kier molecular flexibility index (Phi) is 4.60. The summed E-state index contributed by atoms with van der Waals surface area (Å²) in [6.45, 7) is 1.84. The third kappa shape index (κ3) is 3.03. The highest BCUT2D eigenvalue weighted by Crippen LogP contribution is 2.18. The molecule has 2 rings (SSSR count). The van der Waals surface area contributed by atoms with E-state index in [1.54, 1.807) is 30.1 Å². The van der Waals surface area contributed by atoms with E-state index < -0.39 is 10.0 Å². The van der Waals surface area contributed by atoms with Crippen LogP contribution in [-0.4, -0.2) is 49.3 Å². The fraction of sp³-hybridized carbons (Fsp3) is 0.545. The van der Waals surface area contributed by atoms with Crippen molar-refractivity contribution in [2.45, 2.75) is 11.6 Å². The van der Waals surface area contributed by atoms with E-state index in [2.05, 4.69) is 10.3 Å². The first-order valence-corrected chi connectivity index (χ1v) is 8.41. The van der Waals surface area contributed by atoms with E-state index in [1.807, 2.05) is 7.05 Å². The van der Waals surface area contributed by atoms with Gasteiger partial charge in [-0.2, -0.15) is 16.1 Å². The molecule has 1 aromatic heterocycles. The van der Waals surface area contributed by atoms with Crippen molar-refractivity contribution < 1.29 is 8.42 Å². The Balaban J connectivity index is 2.18. The van der Waals surface area contributed by atoms with Crippen molar-refractivity contribution in [2.75, 3.05) is 31.6 Å². The number of hydrogen-bond donors (Lipinski definition) is 1. The van der Waals surface area contributed by atoms with Crippen molar-refractivity contribution in [1.82, 2.24) is 14.6 Å². The zero-order valence-electron chi connectivity index (χ0n) is 10.3. The van der Waals surface area contributed by atoms with Crippen LogP contribution in [0.25, 0.3) is 0 Å². The summed E-state index contributed by atoms with van der Waals surface area (Å²) in [7, 11) is -1.56. The lowest BCUT2D eigenvalue weighted by atomic mass is 10.3. The van der Waals surface area contributed by atoms with Crippen LogP contribution >= 0.6 is 11.8 Å². The second-order valence-electron chi connectivity index (χ2n) is 4.05. The van der Waals surface area contributed by atoms with Crippen molar-refractivity contribution in [3.05, 3.63) is 23.9 Å². The molecule has 100 valence electrons. The Morgan fingerprint density at radius 1 is 1.39 bits per heavy atom. The van der Waals surface area contributed by atoms with Crippen molar-refractivity contribution in [1.29, 1.82) is 0 Å². The maximum Gasteiger partial charge on any atom is 0.260 e. The van der Waals surface area contributed by atoms with Gasteiger partial charge in [-0.25, -0.2) is 13.4 Å². The molecule has 0 amide bonds. The molecule has 0 radical (unpaired) electrons. The van der Waals surface area contributed by atoms with Gasteiger partial charge in [0.25, 0.3) is 10.0 Å². The molecule has 0 aliphatic carbocycles. The molecule has 1 aromatic rings. The number of thioether (sulfide) groups is 1. The fourth-order valence-corrected chi connectivity index (χ4v) is 4.28. The van der Waals surface area contributed by atoms with Gasteiger partial charge in [0.15, 0.2) is 5.03 Å². The smallest absolute Gasteiger partial charge is 0.260 e. The van der Waals surface area contributed by atoms with Crippen molar-refractivity contribution in [3.63, 3.8) is 0 Å². The normalized spacial score (nSPS) is 17.8. The first kappa shape index (κ1) is 13.8. The van der Waals surface area contributed by atoms with Gasteiger partial charge in [0.05, 0.1) is 0 Å². The summed E-state index contributed by atoms with van der Waals surface area (Å²) < 4.78 is 26.1. The molecular weight excluding hydrogens is 270 g/mol. The minimum atomic E-state index is -3.41. The molecule has 0 aromatic carbocycles. The van der Waals surface area contributed by atoms with E-state index in [0.717, 1.165) is 17.1 Å². The Bertz CT molecular complexity index is 482. The average molecular weight is 287 g/mol. The van der Waals surface area contributed by atoms with E-state index >= 15 is 0 Å². The molecule has 0 atom stereocenters. The van der Waals surface area contributed by atoms with E-state index in [4.69, 9.17) is 0 Å². The Morgan fingerprint density at radius 3 is 2.67 bits per heavy atom. The van der Waals surface area contributed by atoms with Crippen LogP contribution in [0.15, 0.2) is 23.4 Å². The SMILES string of the molecule is CNCc1ccc(S(=O)(=O)N2CCSCC2)nc1. The third-order valence-corrected chi connectivity index (χ3v) is 5.51. The molecule has 1 aliphatic heterocycles. The van der Waals surface area contributed by atoms with Gasteiger partial charge in [0, 0.05) is 37.3 Å². The van der Waals surface area contributed by atoms with Gasteiger partial charge >= 0.3 is 0 Å². The highest BCUT2D eigenvalue weighted by atomic mass is 32.2. The van der Waals surface area contributed by atoms with Gasteiger partial charge < -0.3 is 5.32 Å². The average Bonchev–Trinajstić information content (AvgIpc) is 2.41. The third-order valence-electron chi connectivity index (χ3n) is 2.75. The lowest BCUT2D eigenvalue weighted by Gasteiger charge is -2.25. The first-order chi connectivity index (χ1) is 8.64. The first-order valence-electron chi connectivity index (χ1n) is 5.82. The molecule has 1 aliphatic rings. The highest BCUT2D eigenvalue weighted by molar-refractivity contribution is 7.99. The zero-order valence-corrected chi connectivity index (χ0v) is 11.9. The van der Waals surface area contributed by atoms with Gasteiger partial charge in [-0.05, 0) is 18.7 Å². The summed E-state index contributed by atoms with van der Waals surface area (Å²) in [6.07, 6.45) is 1.61. The second kappa shape index (κ2) is 6.01. The summed E-state index contributed by atoms with van der Waals surface area (Å²) in [4.78, 5) is 4.07. The quantitative estimate of drug-likeness (QED) is 0.876. The van der Waals surface area contributed by atoms with Crippen molar-refractivity contribution in [3.8, 4) is 0 Å². The van der Waals surface area contributed by atoms with E-state index in [1.165, 1.54) is 4.31 Å². The molecule has 7 heteroatoms. The van der Waals surface area contributed by atoms with Crippen LogP contribution in [0, 0.1) is 0 Å². The van der Waals surface area contributed by atoms with Crippen LogP contribution in [0.2, 0.25) is 0 Å². The number of sulfonamides is 1. The largest absolute Gasteiger partial charge is 0.316 e. The van der Waals surface area contributed by atoms with Gasteiger partial charge in [-0.3, -0.25) is 0 Å². The second-order valence-corrected chi connectivity index (χ2v) is 7.16. The van der Waals surface area contributed by atoms with Gasteiger partial charge in [0.1, 0.15) is 0 Å². The monoisotopic (exact) mass is 287 g/mol. The van der Waals surface area contributed by atoms with E-state index in [0.29, 0.717) is 19.6 Å². The molecule has 1 saturated heterocycles. The molecule has 0 bridgehead atoms. The number of nitrogens with one attached hydrogen (secondary N) is 1. The predicted molar refractivity (Wildman–Crippen MR) is 73.1 cm³/mol. The molecule has 0 unspecified atom stereocenters. The Morgan fingerprint density at radius 2 is 2.11 bits per heavy atom. The number of rotatable bonds is 4. The molecule has 5 nitrogen and oxygen atoms in total. The summed E-state index contributed by atoms with van der Waals surface area (Å²) in [5, 5.41) is 3.15. The van der Waals surface area contributed by atoms with E-state index in [-0.39, 0.29) is 5.03 Å². The van der Waals surface area contributed by atoms with E-state index in [9.17, 15) is 8.42 Å². The Labute approximate surface area is 112 Å². The topological polar surface area (TPSA) is 62.3 Å². The van der Waals surface area contributed by atoms with Gasteiger partial charge in [0.2, 0.25) is 0 Å². The predicted octanol–water partition coefficient (Wildman–Crippen LogP) is 0.538. The van der Waals surface area contributed by atoms with Gasteiger partial charge in [-0.15, -0.1) is 0 Å². The van der Waals surface area contributed by atoms with Crippen LogP contribution in [0.1, 0.15) is 5.56 Å². The maximum absolute atomic E-state index is 12.3. The van der Waals surface area contributed by atoms with Crippen LogP contribution in [-0.2, 0) is 16.6 Å². The highest BCUT2D eigenvalue weighted by Gasteiger charge is 2.26. The molecule has 1 N–H and O–H groups in total. The molecule has 0 spiro atoms. The summed E-state index contributed by atoms with van der Waals surface area (Å²) in [5.41, 5.74) is 0.977. The van der Waals surface area contributed by atoms with Crippen LogP contribution in [0.5, 0.6) is 0 Å². The molecule has 2 heterocycles. The van der Waals surface area contributed by atoms with Gasteiger partial charge in [-0.1, -0.05) is 6.07 Å². The Hall–Kier alpha value is -0.630. The molecule has 0 saturated carbocycles. The summed E-state index contributed by atoms with van der Waals surface area (Å²) in [5.74, 6) is 1.72. The summed E-state index contributed by atoms with van der Waals surface area (Å²) >= 11 is 1.78. The maximum atomic E-state index is 12.3. The number of pyridine rings is 1. The number of nitrogens with zero attached hydrogens (tertiary/aromatic N) is 2. The summed E-state index contributed by atoms with van der Waals surface area (Å²) in [6, 6.07) is 3.39. The lowest BCUT2D eigenvalue weighted by molar-refractivity contribution is 0.441. The standard InChI is InChI=1S/C11H17N3O2S2/c1-12-8-10-2-3-11(13-9-10)18(15,16)14-4-6-17-7-5-14/h2-3,9,12H,4-8H2,1H3. The minimum absolute atomic E-state index is 0.147. The van der Waals surface area contributed by atoms with Crippen LogP contribution < -0.4 is 5.32 Å². The molecule has 18 heavy (non-hydrogen) atoms. The number of hydrogen-bond acceptors (Lipinski definition) is 5. The molecular formula is C11H17N3O2S2. The minimum Gasteiger partial charge on any atom is -0.316 e. The zero-order chi connectivity index (χ0) is 13.0. The fourth-order valence-electron chi connectivity index (χ4n) is 1.79. The number of aromatic nitrogens is 1.